The molecule has 100 valence electrons. The normalized spacial score (nSPS) is 23.9. The average Bonchev–Trinajstić information content (AvgIpc) is 2.75. The van der Waals surface area contributed by atoms with Crippen LogP contribution in [0.15, 0.2) is 6.33 Å². The molecule has 1 saturated carbocycles. The molecule has 18 heavy (non-hydrogen) atoms. The van der Waals surface area contributed by atoms with Crippen molar-refractivity contribution in [2.45, 2.75) is 45.2 Å². The van der Waals surface area contributed by atoms with Crippen LogP contribution in [-0.4, -0.2) is 38.7 Å². The maximum Gasteiger partial charge on any atom is 0.244 e. The van der Waals surface area contributed by atoms with E-state index in [1.165, 1.54) is 23.9 Å². The lowest BCUT2D eigenvalue weighted by atomic mass is 9.87. The average molecular weight is 251 g/mol. The summed E-state index contributed by atoms with van der Waals surface area (Å²) in [6.45, 7) is 2.49. The highest BCUT2D eigenvalue weighted by Gasteiger charge is 2.24. The van der Waals surface area contributed by atoms with Crippen molar-refractivity contribution < 1.29 is 4.79 Å². The number of carbonyl (C=O) groups excluding carboxylic acids is 1. The number of nitrogen functional groups attached to an aromatic ring is 1. The minimum atomic E-state index is 0.0689. The van der Waals surface area contributed by atoms with Gasteiger partial charge in [-0.3, -0.25) is 4.79 Å². The van der Waals surface area contributed by atoms with Crippen molar-refractivity contribution in [3.8, 4) is 0 Å². The van der Waals surface area contributed by atoms with Gasteiger partial charge in [-0.15, -0.1) is 5.10 Å². The van der Waals surface area contributed by atoms with E-state index in [1.807, 2.05) is 11.9 Å². The molecule has 0 aromatic carbocycles. The molecule has 6 nitrogen and oxygen atoms in total. The maximum atomic E-state index is 12.1. The van der Waals surface area contributed by atoms with Gasteiger partial charge in [0.2, 0.25) is 11.9 Å². The Labute approximate surface area is 107 Å². The highest BCUT2D eigenvalue weighted by atomic mass is 16.2. The van der Waals surface area contributed by atoms with Crippen LogP contribution in [0, 0.1) is 5.92 Å². The van der Waals surface area contributed by atoms with Gasteiger partial charge in [-0.2, -0.15) is 0 Å². The molecule has 1 fully saturated rings. The Bertz CT molecular complexity index is 408. The predicted octanol–water partition coefficient (Wildman–Crippen LogP) is 0.897. The zero-order valence-electron chi connectivity index (χ0n) is 11.0. The van der Waals surface area contributed by atoms with Gasteiger partial charge in [-0.1, -0.05) is 6.92 Å². The summed E-state index contributed by atoms with van der Waals surface area (Å²) in [5.41, 5.74) is 5.42. The molecule has 0 radical (unpaired) electrons. The second-order valence-corrected chi connectivity index (χ2v) is 5.22. The van der Waals surface area contributed by atoms with E-state index < -0.39 is 0 Å². The molecule has 0 unspecified atom stereocenters. The highest BCUT2D eigenvalue weighted by Crippen LogP contribution is 2.26. The fourth-order valence-electron chi connectivity index (χ4n) is 2.47. The van der Waals surface area contributed by atoms with Crippen LogP contribution in [0.2, 0.25) is 0 Å². The fourth-order valence-corrected chi connectivity index (χ4v) is 2.47. The molecule has 6 heteroatoms. The van der Waals surface area contributed by atoms with Crippen LogP contribution in [0.5, 0.6) is 0 Å². The maximum absolute atomic E-state index is 12.1. The molecule has 0 atom stereocenters. The van der Waals surface area contributed by atoms with Gasteiger partial charge in [-0.05, 0) is 31.6 Å². The van der Waals surface area contributed by atoms with E-state index in [4.69, 9.17) is 5.73 Å². The first-order valence-corrected chi connectivity index (χ1v) is 6.47. The summed E-state index contributed by atoms with van der Waals surface area (Å²) in [6.07, 6.45) is 6.10. The monoisotopic (exact) mass is 251 g/mol. The summed E-state index contributed by atoms with van der Waals surface area (Å²) in [6, 6.07) is 0.370. The van der Waals surface area contributed by atoms with Crippen molar-refractivity contribution in [2.75, 3.05) is 12.8 Å². The Morgan fingerprint density at radius 2 is 2.17 bits per heavy atom. The largest absolute Gasteiger partial charge is 0.367 e. The van der Waals surface area contributed by atoms with E-state index in [1.54, 1.807) is 0 Å². The Kier molecular flexibility index (Phi) is 3.84. The Morgan fingerprint density at radius 3 is 2.72 bits per heavy atom. The van der Waals surface area contributed by atoms with Crippen molar-refractivity contribution >= 4 is 11.9 Å². The van der Waals surface area contributed by atoms with Gasteiger partial charge in [-0.25, -0.2) is 9.67 Å². The zero-order chi connectivity index (χ0) is 13.1. The molecule has 2 rings (SSSR count). The summed E-state index contributed by atoms with van der Waals surface area (Å²) in [4.78, 5) is 17.8. The van der Waals surface area contributed by atoms with Crippen molar-refractivity contribution in [1.29, 1.82) is 0 Å². The number of carbonyl (C=O) groups is 1. The molecule has 1 amide bonds. The molecule has 0 aliphatic heterocycles. The Hall–Kier alpha value is -1.59. The van der Waals surface area contributed by atoms with Gasteiger partial charge in [0.25, 0.3) is 0 Å². The number of likely N-dealkylation sites (N-methyl/N-ethyl adjacent to an activating group) is 1. The standard InChI is InChI=1S/C12H21N5O/c1-9-3-5-10(6-4-9)16(2)11(18)7-17-8-14-12(13)15-17/h8-10H,3-7H2,1-2H3,(H2,13,15). The van der Waals surface area contributed by atoms with Gasteiger partial charge < -0.3 is 10.6 Å². The van der Waals surface area contributed by atoms with Crippen LogP contribution >= 0.6 is 0 Å². The number of nitrogens with two attached hydrogens (primary N) is 1. The molecule has 0 bridgehead atoms. The summed E-state index contributed by atoms with van der Waals surface area (Å²) in [5, 5.41) is 3.93. The summed E-state index contributed by atoms with van der Waals surface area (Å²) < 4.78 is 1.49. The molecule has 1 heterocycles. The lowest BCUT2D eigenvalue weighted by Crippen LogP contribution is -2.41. The third kappa shape index (κ3) is 3.00. The van der Waals surface area contributed by atoms with E-state index in [-0.39, 0.29) is 18.4 Å². The lowest BCUT2D eigenvalue weighted by Gasteiger charge is -2.33. The third-order valence-electron chi connectivity index (χ3n) is 3.78. The van der Waals surface area contributed by atoms with Gasteiger partial charge >= 0.3 is 0 Å². The Morgan fingerprint density at radius 1 is 1.50 bits per heavy atom. The smallest absolute Gasteiger partial charge is 0.244 e. The van der Waals surface area contributed by atoms with Crippen molar-refractivity contribution in [3.63, 3.8) is 0 Å². The lowest BCUT2D eigenvalue weighted by molar-refractivity contribution is -0.133. The fraction of sp³-hybridized carbons (Fsp3) is 0.750. The number of nitrogens with zero attached hydrogens (tertiary/aromatic N) is 4. The topological polar surface area (TPSA) is 77.0 Å². The van der Waals surface area contributed by atoms with Crippen molar-refractivity contribution in [1.82, 2.24) is 19.7 Å². The summed E-state index contributed by atoms with van der Waals surface area (Å²) in [5.74, 6) is 1.07. The SMILES string of the molecule is CC1CCC(N(C)C(=O)Cn2cnc(N)n2)CC1. The Balaban J connectivity index is 1.88. The molecule has 0 spiro atoms. The van der Waals surface area contributed by atoms with Crippen LogP contribution < -0.4 is 5.73 Å². The van der Waals surface area contributed by atoms with E-state index >= 15 is 0 Å². The molecule has 1 aromatic heterocycles. The van der Waals surface area contributed by atoms with Crippen LogP contribution in [0.3, 0.4) is 0 Å². The molecular formula is C12H21N5O. The van der Waals surface area contributed by atoms with E-state index in [0.29, 0.717) is 6.04 Å². The molecule has 1 aliphatic rings. The van der Waals surface area contributed by atoms with Crippen LogP contribution in [0.4, 0.5) is 5.95 Å². The van der Waals surface area contributed by atoms with Crippen LogP contribution in [-0.2, 0) is 11.3 Å². The van der Waals surface area contributed by atoms with E-state index in [9.17, 15) is 4.79 Å². The first kappa shape index (κ1) is 12.9. The van der Waals surface area contributed by atoms with Gasteiger partial charge in [0, 0.05) is 13.1 Å². The minimum Gasteiger partial charge on any atom is -0.367 e. The molecular weight excluding hydrogens is 230 g/mol. The number of hydrogen-bond donors (Lipinski definition) is 1. The minimum absolute atomic E-state index is 0.0689. The van der Waals surface area contributed by atoms with Gasteiger partial charge in [0.05, 0.1) is 0 Å². The zero-order valence-corrected chi connectivity index (χ0v) is 11.0. The van der Waals surface area contributed by atoms with E-state index in [0.717, 1.165) is 18.8 Å². The number of hydrogen-bond acceptors (Lipinski definition) is 4. The summed E-state index contributed by atoms with van der Waals surface area (Å²) >= 11 is 0. The summed E-state index contributed by atoms with van der Waals surface area (Å²) in [7, 11) is 1.88. The first-order valence-electron chi connectivity index (χ1n) is 6.47. The number of rotatable bonds is 3. The quantitative estimate of drug-likeness (QED) is 0.865. The number of amides is 1. The highest BCUT2D eigenvalue weighted by molar-refractivity contribution is 5.75. The van der Waals surface area contributed by atoms with Gasteiger partial charge in [0.15, 0.2) is 0 Å². The molecule has 1 aromatic rings. The number of aromatic nitrogens is 3. The second-order valence-electron chi connectivity index (χ2n) is 5.22. The molecule has 2 N–H and O–H groups in total. The first-order chi connectivity index (χ1) is 8.56. The van der Waals surface area contributed by atoms with Crippen molar-refractivity contribution in [2.24, 2.45) is 5.92 Å². The van der Waals surface area contributed by atoms with Gasteiger partial charge in [0.1, 0.15) is 12.9 Å². The molecule has 0 saturated heterocycles. The van der Waals surface area contributed by atoms with Crippen molar-refractivity contribution in [3.05, 3.63) is 6.33 Å². The third-order valence-corrected chi connectivity index (χ3v) is 3.78. The van der Waals surface area contributed by atoms with Crippen LogP contribution in [0.1, 0.15) is 32.6 Å². The number of anilines is 1. The second kappa shape index (κ2) is 5.37. The predicted molar refractivity (Wildman–Crippen MR) is 68.6 cm³/mol. The van der Waals surface area contributed by atoms with Crippen LogP contribution in [0.25, 0.3) is 0 Å². The molecule has 1 aliphatic carbocycles. The van der Waals surface area contributed by atoms with E-state index in [2.05, 4.69) is 17.0 Å².